The Morgan fingerprint density at radius 3 is 3.05 bits per heavy atom. The van der Waals surface area contributed by atoms with Crippen LogP contribution in [-0.4, -0.2) is 36.3 Å². The van der Waals surface area contributed by atoms with Gasteiger partial charge in [-0.1, -0.05) is 6.92 Å². The number of pyridine rings is 1. The van der Waals surface area contributed by atoms with Crippen LogP contribution in [0.2, 0.25) is 0 Å². The predicted octanol–water partition coefficient (Wildman–Crippen LogP) is 0.139. The summed E-state index contributed by atoms with van der Waals surface area (Å²) in [5.41, 5.74) is 0.349. The zero-order valence-corrected chi connectivity index (χ0v) is 10.3. The number of H-pyrrole nitrogens is 1. The Hall–Kier alpha value is -2.51. The number of carbonyl (C=O) groups is 1. The topological polar surface area (TPSA) is 114 Å². The Kier molecular flexibility index (Phi) is 3.69. The van der Waals surface area contributed by atoms with Gasteiger partial charge in [0.15, 0.2) is 5.82 Å². The highest BCUT2D eigenvalue weighted by Crippen LogP contribution is 2.15. The smallest absolute Gasteiger partial charge is 0.303 e. The summed E-state index contributed by atoms with van der Waals surface area (Å²) in [5.74, 6) is -0.525. The van der Waals surface area contributed by atoms with Crippen LogP contribution in [0.1, 0.15) is 13.3 Å². The van der Waals surface area contributed by atoms with Gasteiger partial charge in [0.25, 0.3) is 0 Å². The summed E-state index contributed by atoms with van der Waals surface area (Å²) in [6, 6.07) is 3.08. The van der Waals surface area contributed by atoms with E-state index in [1.807, 2.05) is 0 Å². The number of aromatic nitrogens is 5. The molecule has 2 heterocycles. The van der Waals surface area contributed by atoms with Crippen LogP contribution in [0.25, 0.3) is 11.4 Å². The maximum absolute atomic E-state index is 11.3. The molecule has 0 bridgehead atoms. The van der Waals surface area contributed by atoms with E-state index in [2.05, 4.69) is 20.5 Å². The van der Waals surface area contributed by atoms with E-state index >= 15 is 0 Å². The number of tetrazole rings is 1. The molecular weight excluding hydrogens is 250 g/mol. The lowest BCUT2D eigenvalue weighted by molar-refractivity contribution is -0.138. The van der Waals surface area contributed by atoms with Gasteiger partial charge in [-0.15, -0.1) is 5.10 Å². The van der Waals surface area contributed by atoms with E-state index in [1.54, 1.807) is 13.0 Å². The third kappa shape index (κ3) is 3.24. The monoisotopic (exact) mass is 263 g/mol. The molecule has 100 valence electrons. The average Bonchev–Trinajstić information content (AvgIpc) is 2.75. The number of nitrogens with zero attached hydrogens (tertiary/aromatic N) is 4. The van der Waals surface area contributed by atoms with Crippen LogP contribution < -0.4 is 5.56 Å². The van der Waals surface area contributed by atoms with E-state index in [0.29, 0.717) is 17.9 Å². The molecule has 0 aliphatic rings. The van der Waals surface area contributed by atoms with E-state index in [-0.39, 0.29) is 17.9 Å². The molecule has 2 N–H and O–H groups in total. The van der Waals surface area contributed by atoms with E-state index < -0.39 is 5.97 Å². The van der Waals surface area contributed by atoms with Crippen molar-refractivity contribution < 1.29 is 9.90 Å². The van der Waals surface area contributed by atoms with Crippen LogP contribution in [0.15, 0.2) is 23.1 Å². The molecule has 0 aliphatic heterocycles. The molecule has 2 rings (SSSR count). The van der Waals surface area contributed by atoms with Gasteiger partial charge in [0.2, 0.25) is 5.56 Å². The van der Waals surface area contributed by atoms with Crippen molar-refractivity contribution in [2.45, 2.75) is 19.9 Å². The fraction of sp³-hybridized carbons (Fsp3) is 0.364. The Labute approximate surface area is 108 Å². The molecule has 0 saturated heterocycles. The number of hydrogen-bond acceptors (Lipinski definition) is 5. The van der Waals surface area contributed by atoms with Crippen molar-refractivity contribution in [3.8, 4) is 11.4 Å². The van der Waals surface area contributed by atoms with Crippen molar-refractivity contribution in [3.05, 3.63) is 28.7 Å². The molecule has 19 heavy (non-hydrogen) atoms. The van der Waals surface area contributed by atoms with Gasteiger partial charge >= 0.3 is 5.97 Å². The maximum atomic E-state index is 11.3. The van der Waals surface area contributed by atoms with Crippen LogP contribution in [0.5, 0.6) is 0 Å². The lowest BCUT2D eigenvalue weighted by Crippen LogP contribution is -2.14. The van der Waals surface area contributed by atoms with Gasteiger partial charge in [-0.3, -0.25) is 9.59 Å². The zero-order chi connectivity index (χ0) is 13.8. The van der Waals surface area contributed by atoms with Gasteiger partial charge in [0.1, 0.15) is 0 Å². The van der Waals surface area contributed by atoms with E-state index in [0.717, 1.165) is 0 Å². The summed E-state index contributed by atoms with van der Waals surface area (Å²) >= 11 is 0. The molecule has 0 fully saturated rings. The quantitative estimate of drug-likeness (QED) is 0.793. The standard InChI is InChI=1S/C11H13N5O3/c1-7(4-10(18)19)6-16-11(13-14-15-16)8-2-3-12-9(17)5-8/h2-3,5,7H,4,6H2,1H3,(H,12,17)(H,18,19). The number of carboxylic acid groups (broad SMARTS) is 1. The Morgan fingerprint density at radius 1 is 1.58 bits per heavy atom. The maximum Gasteiger partial charge on any atom is 0.303 e. The highest BCUT2D eigenvalue weighted by Gasteiger charge is 2.14. The van der Waals surface area contributed by atoms with Gasteiger partial charge in [-0.2, -0.15) is 0 Å². The number of aromatic amines is 1. The number of carboxylic acids is 1. The SMILES string of the molecule is CC(CC(=O)O)Cn1nnnc1-c1cc[nH]c(=O)c1. The average molecular weight is 263 g/mol. The molecule has 0 aromatic carbocycles. The van der Waals surface area contributed by atoms with Gasteiger partial charge in [0, 0.05) is 30.8 Å². The molecule has 0 spiro atoms. The molecule has 0 aliphatic carbocycles. The third-order valence-electron chi connectivity index (χ3n) is 2.57. The minimum atomic E-state index is -0.863. The number of rotatable bonds is 5. The Morgan fingerprint density at radius 2 is 2.37 bits per heavy atom. The highest BCUT2D eigenvalue weighted by atomic mass is 16.4. The zero-order valence-electron chi connectivity index (χ0n) is 10.3. The lowest BCUT2D eigenvalue weighted by Gasteiger charge is -2.09. The van der Waals surface area contributed by atoms with E-state index in [1.165, 1.54) is 16.9 Å². The first-order valence-electron chi connectivity index (χ1n) is 5.73. The summed E-state index contributed by atoms with van der Waals surface area (Å²) in [6.07, 6.45) is 1.55. The Bertz CT molecular complexity index is 633. The highest BCUT2D eigenvalue weighted by molar-refractivity contribution is 5.66. The van der Waals surface area contributed by atoms with Crippen molar-refractivity contribution in [1.82, 2.24) is 25.2 Å². The molecule has 8 heteroatoms. The van der Waals surface area contributed by atoms with Crippen molar-refractivity contribution in [2.24, 2.45) is 5.92 Å². The summed E-state index contributed by atoms with van der Waals surface area (Å²) in [5, 5.41) is 20.0. The minimum Gasteiger partial charge on any atom is -0.481 e. The molecule has 1 unspecified atom stereocenters. The van der Waals surface area contributed by atoms with Gasteiger partial charge in [-0.25, -0.2) is 4.68 Å². The second-order valence-corrected chi connectivity index (χ2v) is 4.33. The minimum absolute atomic E-state index is 0.0364. The van der Waals surface area contributed by atoms with Crippen LogP contribution in [0.4, 0.5) is 0 Å². The lowest BCUT2D eigenvalue weighted by atomic mass is 10.1. The van der Waals surface area contributed by atoms with Crippen molar-refractivity contribution >= 4 is 5.97 Å². The second-order valence-electron chi connectivity index (χ2n) is 4.33. The molecule has 2 aromatic heterocycles. The first-order valence-corrected chi connectivity index (χ1v) is 5.73. The van der Waals surface area contributed by atoms with Crippen LogP contribution >= 0.6 is 0 Å². The predicted molar refractivity (Wildman–Crippen MR) is 65.3 cm³/mol. The summed E-state index contributed by atoms with van der Waals surface area (Å²) in [7, 11) is 0. The normalized spacial score (nSPS) is 12.3. The number of hydrogen-bond donors (Lipinski definition) is 2. The fourth-order valence-electron chi connectivity index (χ4n) is 1.78. The summed E-state index contributed by atoms with van der Waals surface area (Å²) in [6.45, 7) is 2.18. The molecule has 1 atom stereocenters. The largest absolute Gasteiger partial charge is 0.481 e. The molecular formula is C11H13N5O3. The summed E-state index contributed by atoms with van der Waals surface area (Å²) < 4.78 is 1.50. The molecule has 8 nitrogen and oxygen atoms in total. The molecule has 2 aromatic rings. The summed E-state index contributed by atoms with van der Waals surface area (Å²) in [4.78, 5) is 24.4. The van der Waals surface area contributed by atoms with Crippen molar-refractivity contribution in [3.63, 3.8) is 0 Å². The number of nitrogens with one attached hydrogen (secondary N) is 1. The van der Waals surface area contributed by atoms with Gasteiger partial charge in [-0.05, 0) is 22.4 Å². The van der Waals surface area contributed by atoms with Crippen LogP contribution in [0, 0.1) is 5.92 Å². The van der Waals surface area contributed by atoms with E-state index in [4.69, 9.17) is 5.11 Å². The Balaban J connectivity index is 2.23. The van der Waals surface area contributed by atoms with Gasteiger partial charge in [0.05, 0.1) is 0 Å². The fourth-order valence-corrected chi connectivity index (χ4v) is 1.78. The van der Waals surface area contributed by atoms with Crippen molar-refractivity contribution in [2.75, 3.05) is 0 Å². The third-order valence-corrected chi connectivity index (χ3v) is 2.57. The van der Waals surface area contributed by atoms with Gasteiger partial charge < -0.3 is 10.1 Å². The first kappa shape index (κ1) is 12.9. The molecule has 0 amide bonds. The molecule has 0 saturated carbocycles. The first-order chi connectivity index (χ1) is 9.06. The van der Waals surface area contributed by atoms with Crippen LogP contribution in [-0.2, 0) is 11.3 Å². The molecule has 0 radical (unpaired) electrons. The van der Waals surface area contributed by atoms with Crippen LogP contribution in [0.3, 0.4) is 0 Å². The number of aliphatic carboxylic acids is 1. The second kappa shape index (κ2) is 5.42. The van der Waals surface area contributed by atoms with Crippen molar-refractivity contribution in [1.29, 1.82) is 0 Å². The van der Waals surface area contributed by atoms with E-state index in [9.17, 15) is 9.59 Å².